The number of halogens is 1. The zero-order valence-electron chi connectivity index (χ0n) is 24.0. The average molecular weight is 533 g/mol. The van der Waals surface area contributed by atoms with E-state index < -0.39 is 11.4 Å². The van der Waals surface area contributed by atoms with Crippen LogP contribution in [0, 0.1) is 56.7 Å². The van der Waals surface area contributed by atoms with Gasteiger partial charge >= 0.3 is 11.9 Å². The molecular formula is C32H49ClO4. The normalized spacial score (nSPS) is 50.1. The summed E-state index contributed by atoms with van der Waals surface area (Å²) in [5.74, 6) is 1.14. The fraction of sp³-hybridized carbons (Fsp3) is 0.875. The van der Waals surface area contributed by atoms with Crippen LogP contribution in [0.5, 0.6) is 0 Å². The number of allylic oxidation sites excluding steroid dienone is 1. The number of fused-ring (bicyclic) bond motifs is 7. The summed E-state index contributed by atoms with van der Waals surface area (Å²) in [6.45, 7) is 18.8. The molecule has 0 heterocycles. The summed E-state index contributed by atoms with van der Waals surface area (Å²) in [7, 11) is 0. The third-order valence-corrected chi connectivity index (χ3v) is 14.0. The van der Waals surface area contributed by atoms with E-state index in [1.54, 1.807) is 0 Å². The second kappa shape index (κ2) is 8.73. The van der Waals surface area contributed by atoms with Crippen LogP contribution in [0.1, 0.15) is 106 Å². The van der Waals surface area contributed by atoms with Crippen LogP contribution in [0.2, 0.25) is 0 Å². The van der Waals surface area contributed by atoms with Crippen LogP contribution in [-0.4, -0.2) is 29.0 Å². The summed E-state index contributed by atoms with van der Waals surface area (Å²) in [4.78, 5) is 25.0. The van der Waals surface area contributed by atoms with Crippen molar-refractivity contribution in [3.63, 3.8) is 0 Å². The van der Waals surface area contributed by atoms with Crippen LogP contribution in [-0.2, 0) is 14.3 Å². The Balaban J connectivity index is 1.50. The van der Waals surface area contributed by atoms with E-state index in [4.69, 9.17) is 16.3 Å². The molecule has 5 aliphatic rings. The molecule has 0 aliphatic heterocycles. The fourth-order valence-electron chi connectivity index (χ4n) is 11.9. The van der Waals surface area contributed by atoms with Crippen molar-refractivity contribution in [2.24, 2.45) is 56.7 Å². The number of alkyl halides is 1. The molecule has 0 saturated heterocycles. The van der Waals surface area contributed by atoms with Crippen LogP contribution in [0.4, 0.5) is 0 Å². The van der Waals surface area contributed by atoms with Gasteiger partial charge in [-0.2, -0.15) is 0 Å². The van der Waals surface area contributed by atoms with Gasteiger partial charge in [-0.25, -0.2) is 0 Å². The minimum atomic E-state index is -0.565. The molecule has 0 amide bonds. The molecule has 0 radical (unpaired) electrons. The number of esters is 1. The number of carbonyl (C=O) groups is 2. The van der Waals surface area contributed by atoms with Crippen molar-refractivity contribution < 1.29 is 19.4 Å². The number of aliphatic carboxylic acids is 1. The van der Waals surface area contributed by atoms with Gasteiger partial charge in [0.1, 0.15) is 12.0 Å². The lowest BCUT2D eigenvalue weighted by atomic mass is 9.32. The van der Waals surface area contributed by atoms with Gasteiger partial charge in [0, 0.05) is 5.41 Å². The topological polar surface area (TPSA) is 63.6 Å². The van der Waals surface area contributed by atoms with E-state index in [2.05, 4.69) is 48.1 Å². The standard InChI is InChI=1S/C32H49ClO4/c1-19(2)20-10-15-32(27(35)36)17-16-30(6)21(26(20)32)8-9-23-29(5)13-12-24(37-25(34)18-33)28(3,4)22(29)11-14-31(23,30)7/h20-24,26H,1,8-18H2,2-7H3,(H,35,36)/t20-,21?,22?,23?,24-,26?,29-,30+,31+,32-/m0/s1. The monoisotopic (exact) mass is 532 g/mol. The molecule has 5 saturated carbocycles. The van der Waals surface area contributed by atoms with E-state index in [9.17, 15) is 14.7 Å². The van der Waals surface area contributed by atoms with Gasteiger partial charge in [0.25, 0.3) is 0 Å². The molecule has 0 aromatic heterocycles. The van der Waals surface area contributed by atoms with Crippen molar-refractivity contribution in [2.75, 3.05) is 5.88 Å². The molecule has 5 aliphatic carbocycles. The van der Waals surface area contributed by atoms with Gasteiger partial charge in [-0.1, -0.05) is 46.8 Å². The molecular weight excluding hydrogens is 484 g/mol. The third kappa shape index (κ3) is 3.52. The molecule has 1 N–H and O–H groups in total. The van der Waals surface area contributed by atoms with Gasteiger partial charge in [0.2, 0.25) is 0 Å². The number of ether oxygens (including phenoxy) is 1. The molecule has 0 aromatic carbocycles. The van der Waals surface area contributed by atoms with Crippen molar-refractivity contribution in [3.05, 3.63) is 12.2 Å². The first kappa shape index (κ1) is 27.5. The Bertz CT molecular complexity index is 989. The minimum absolute atomic E-state index is 0.0752. The number of hydrogen-bond donors (Lipinski definition) is 1. The zero-order valence-corrected chi connectivity index (χ0v) is 24.8. The Morgan fingerprint density at radius 2 is 1.59 bits per heavy atom. The molecule has 4 unspecified atom stereocenters. The number of carbonyl (C=O) groups excluding carboxylic acids is 1. The Kier molecular flexibility index (Phi) is 6.50. The predicted molar refractivity (Wildman–Crippen MR) is 147 cm³/mol. The molecule has 0 bridgehead atoms. The summed E-state index contributed by atoms with van der Waals surface area (Å²) in [5.41, 5.74) is 1.05. The highest BCUT2D eigenvalue weighted by Crippen LogP contribution is 2.77. The maximum Gasteiger partial charge on any atom is 0.321 e. The first-order chi connectivity index (χ1) is 17.2. The van der Waals surface area contributed by atoms with Crippen molar-refractivity contribution in [2.45, 2.75) is 112 Å². The van der Waals surface area contributed by atoms with Gasteiger partial charge in [0.05, 0.1) is 5.41 Å². The molecule has 10 atom stereocenters. The maximum absolute atomic E-state index is 12.8. The van der Waals surface area contributed by atoms with E-state index in [-0.39, 0.29) is 45.5 Å². The summed E-state index contributed by atoms with van der Waals surface area (Å²) in [5, 5.41) is 10.6. The van der Waals surface area contributed by atoms with Crippen molar-refractivity contribution in [1.29, 1.82) is 0 Å². The van der Waals surface area contributed by atoms with Gasteiger partial charge in [-0.3, -0.25) is 9.59 Å². The SMILES string of the molecule is C=C(C)[C@@H]1CC[C@]2(C(=O)O)CC[C@]3(C)C(CCC4[C@@]5(C)CC[C@H](OC(=O)CCl)C(C)(C)C5CC[C@]43C)C12. The molecule has 37 heavy (non-hydrogen) atoms. The Morgan fingerprint density at radius 3 is 2.22 bits per heavy atom. The van der Waals surface area contributed by atoms with Gasteiger partial charge in [-0.05, 0) is 117 Å². The van der Waals surface area contributed by atoms with E-state index in [1.807, 2.05) is 0 Å². The largest absolute Gasteiger partial charge is 0.481 e. The van der Waals surface area contributed by atoms with Crippen molar-refractivity contribution in [1.82, 2.24) is 0 Å². The van der Waals surface area contributed by atoms with Crippen LogP contribution in [0.15, 0.2) is 12.2 Å². The highest BCUT2D eigenvalue weighted by molar-refractivity contribution is 6.26. The van der Waals surface area contributed by atoms with Crippen LogP contribution in [0.25, 0.3) is 0 Å². The van der Waals surface area contributed by atoms with Crippen molar-refractivity contribution in [3.8, 4) is 0 Å². The number of rotatable bonds is 4. The van der Waals surface area contributed by atoms with E-state index in [1.165, 1.54) is 18.4 Å². The van der Waals surface area contributed by atoms with E-state index >= 15 is 0 Å². The molecule has 208 valence electrons. The zero-order chi connectivity index (χ0) is 27.2. The molecule has 4 nitrogen and oxygen atoms in total. The summed E-state index contributed by atoms with van der Waals surface area (Å²) < 4.78 is 5.90. The molecule has 0 spiro atoms. The van der Waals surface area contributed by atoms with Crippen LogP contribution in [0.3, 0.4) is 0 Å². The van der Waals surface area contributed by atoms with Crippen molar-refractivity contribution >= 4 is 23.5 Å². The Morgan fingerprint density at radius 1 is 0.892 bits per heavy atom. The first-order valence-electron chi connectivity index (χ1n) is 14.8. The highest BCUT2D eigenvalue weighted by Gasteiger charge is 2.72. The highest BCUT2D eigenvalue weighted by atomic mass is 35.5. The van der Waals surface area contributed by atoms with E-state index in [0.717, 1.165) is 51.4 Å². The lowest BCUT2D eigenvalue weighted by Crippen LogP contribution is -2.67. The molecule has 0 aromatic rings. The lowest BCUT2D eigenvalue weighted by molar-refractivity contribution is -0.250. The fourth-order valence-corrected chi connectivity index (χ4v) is 12.0. The lowest BCUT2D eigenvalue weighted by Gasteiger charge is -2.72. The molecule has 5 fully saturated rings. The third-order valence-electron chi connectivity index (χ3n) is 13.8. The number of carboxylic acid groups (broad SMARTS) is 1. The first-order valence-corrected chi connectivity index (χ1v) is 15.4. The van der Waals surface area contributed by atoms with Crippen LogP contribution < -0.4 is 0 Å². The molecule has 5 heteroatoms. The Hall–Kier alpha value is -1.03. The van der Waals surface area contributed by atoms with Gasteiger partial charge in [0.15, 0.2) is 0 Å². The Labute approximate surface area is 229 Å². The molecule has 5 rings (SSSR count). The van der Waals surface area contributed by atoms with E-state index in [0.29, 0.717) is 23.7 Å². The minimum Gasteiger partial charge on any atom is -0.481 e. The second-order valence-electron chi connectivity index (χ2n) is 15.1. The van der Waals surface area contributed by atoms with Gasteiger partial charge in [-0.15, -0.1) is 11.6 Å². The van der Waals surface area contributed by atoms with Gasteiger partial charge < -0.3 is 9.84 Å². The van der Waals surface area contributed by atoms with Crippen LogP contribution >= 0.6 is 11.6 Å². The predicted octanol–water partition coefficient (Wildman–Crippen LogP) is 7.88. The number of carboxylic acids is 1. The number of hydrogen-bond acceptors (Lipinski definition) is 3. The smallest absolute Gasteiger partial charge is 0.321 e. The second-order valence-corrected chi connectivity index (χ2v) is 15.4. The average Bonchev–Trinajstić information content (AvgIpc) is 3.23. The summed E-state index contributed by atoms with van der Waals surface area (Å²) >= 11 is 5.80. The quantitative estimate of drug-likeness (QED) is 0.227. The summed E-state index contributed by atoms with van der Waals surface area (Å²) in [6, 6.07) is 0. The maximum atomic E-state index is 12.8. The summed E-state index contributed by atoms with van der Waals surface area (Å²) in [6.07, 6.45) is 10.2.